The van der Waals surface area contributed by atoms with E-state index in [1.165, 1.54) is 47.8 Å². The van der Waals surface area contributed by atoms with Crippen molar-refractivity contribution in [3.05, 3.63) is 50.9 Å². The molecule has 2 aliphatic rings. The number of nitrogens with zero attached hydrogens (tertiary/aromatic N) is 1. The van der Waals surface area contributed by atoms with E-state index < -0.39 is 15.8 Å². The average Bonchev–Trinajstić information content (AvgIpc) is 2.66. The Morgan fingerprint density at radius 3 is 2.20 bits per heavy atom. The van der Waals surface area contributed by atoms with Crippen LogP contribution in [0.4, 0.5) is 4.39 Å². The zero-order valence-electron chi connectivity index (χ0n) is 17.7. The highest BCUT2D eigenvalue weighted by Gasteiger charge is 2.34. The number of piperidine rings is 1. The molecule has 1 aliphatic carbocycles. The van der Waals surface area contributed by atoms with E-state index in [0.29, 0.717) is 13.1 Å². The molecule has 3 rings (SSSR count). The van der Waals surface area contributed by atoms with E-state index in [-0.39, 0.29) is 31.7 Å². The molecule has 1 atom stereocenters. The van der Waals surface area contributed by atoms with Crippen molar-refractivity contribution < 1.29 is 17.6 Å². The van der Waals surface area contributed by atoms with Crippen LogP contribution < -0.4 is 5.32 Å². The SMILES string of the molecule is O=C(NCC1CCCCN1S(=O)(=O)c1ccc(F)cc1)[C]1CCCCCCC1.[CH2].[CH2]. The standard InChI is InChI=1S/C21H30FN2O3S.2CH2/c22-18-11-13-20(14-12-18)28(26,27)24-15-7-6-10-19(24)16-23-21(25)17-8-4-2-1-3-5-9-17;;/h11-14,19H,1-10,15-16H2,(H,23,25);2*1H2. The van der Waals surface area contributed by atoms with Gasteiger partial charge in [-0.15, -0.1) is 0 Å². The molecule has 1 aromatic rings. The maximum absolute atomic E-state index is 13.2. The van der Waals surface area contributed by atoms with Gasteiger partial charge in [0, 0.05) is 19.1 Å². The van der Waals surface area contributed by atoms with Gasteiger partial charge in [0.2, 0.25) is 15.9 Å². The Kier molecular flexibility index (Phi) is 11.0. The van der Waals surface area contributed by atoms with E-state index in [0.717, 1.165) is 50.9 Å². The van der Waals surface area contributed by atoms with Crippen molar-refractivity contribution in [2.24, 2.45) is 0 Å². The molecule has 1 amide bonds. The molecule has 1 unspecified atom stereocenters. The van der Waals surface area contributed by atoms with Crippen molar-refractivity contribution in [1.82, 2.24) is 9.62 Å². The van der Waals surface area contributed by atoms with Crippen LogP contribution in [0.25, 0.3) is 0 Å². The number of rotatable bonds is 5. The quantitative estimate of drug-likeness (QED) is 0.740. The number of hydrogen-bond donors (Lipinski definition) is 1. The van der Waals surface area contributed by atoms with Crippen LogP contribution in [-0.4, -0.2) is 37.8 Å². The minimum Gasteiger partial charge on any atom is -0.354 e. The van der Waals surface area contributed by atoms with Crippen LogP contribution >= 0.6 is 0 Å². The molecule has 2 fully saturated rings. The lowest BCUT2D eigenvalue weighted by Crippen LogP contribution is -2.49. The second kappa shape index (κ2) is 12.4. The summed E-state index contributed by atoms with van der Waals surface area (Å²) >= 11 is 0. The summed E-state index contributed by atoms with van der Waals surface area (Å²) in [4.78, 5) is 12.7. The molecule has 0 bridgehead atoms. The molecule has 1 heterocycles. The summed E-state index contributed by atoms with van der Waals surface area (Å²) in [5, 5.41) is 2.99. The van der Waals surface area contributed by atoms with Gasteiger partial charge in [-0.2, -0.15) is 4.31 Å². The highest BCUT2D eigenvalue weighted by Crippen LogP contribution is 2.27. The number of halogens is 1. The summed E-state index contributed by atoms with van der Waals surface area (Å²) < 4.78 is 40.7. The van der Waals surface area contributed by atoms with Crippen molar-refractivity contribution in [3.63, 3.8) is 0 Å². The first-order chi connectivity index (χ1) is 13.5. The van der Waals surface area contributed by atoms with E-state index in [2.05, 4.69) is 5.32 Å². The Balaban J connectivity index is 0.00000225. The predicted octanol–water partition coefficient (Wildman–Crippen LogP) is 4.46. The number of nitrogens with one attached hydrogen (secondary N) is 1. The van der Waals surface area contributed by atoms with E-state index in [1.807, 2.05) is 0 Å². The van der Waals surface area contributed by atoms with Gasteiger partial charge in [0.05, 0.1) is 10.8 Å². The fourth-order valence-electron chi connectivity index (χ4n) is 4.13. The van der Waals surface area contributed by atoms with Gasteiger partial charge in [-0.3, -0.25) is 4.79 Å². The third kappa shape index (κ3) is 6.77. The molecule has 7 heteroatoms. The fourth-order valence-corrected chi connectivity index (χ4v) is 5.82. The van der Waals surface area contributed by atoms with E-state index >= 15 is 0 Å². The van der Waals surface area contributed by atoms with Gasteiger partial charge in [0.1, 0.15) is 5.82 Å². The van der Waals surface area contributed by atoms with Crippen molar-refractivity contribution in [2.75, 3.05) is 13.1 Å². The number of amides is 1. The maximum Gasteiger partial charge on any atom is 0.243 e. The normalized spacial score (nSPS) is 21.4. The van der Waals surface area contributed by atoms with Crippen LogP contribution in [-0.2, 0) is 14.8 Å². The van der Waals surface area contributed by atoms with Crippen molar-refractivity contribution in [3.8, 4) is 0 Å². The van der Waals surface area contributed by atoms with Crippen molar-refractivity contribution in [1.29, 1.82) is 0 Å². The largest absolute Gasteiger partial charge is 0.354 e. The van der Waals surface area contributed by atoms with E-state index in [4.69, 9.17) is 0 Å². The molecule has 5 nitrogen and oxygen atoms in total. The smallest absolute Gasteiger partial charge is 0.243 e. The number of carbonyl (C=O) groups is 1. The zero-order chi connectivity index (χ0) is 20.0. The first-order valence-corrected chi connectivity index (χ1v) is 11.8. The molecule has 5 radical (unpaired) electrons. The van der Waals surface area contributed by atoms with E-state index in [9.17, 15) is 17.6 Å². The Morgan fingerprint density at radius 1 is 0.967 bits per heavy atom. The van der Waals surface area contributed by atoms with Crippen LogP contribution in [0.2, 0.25) is 0 Å². The highest BCUT2D eigenvalue weighted by atomic mass is 32.2. The second-order valence-corrected chi connectivity index (χ2v) is 9.69. The Labute approximate surface area is 182 Å². The molecule has 30 heavy (non-hydrogen) atoms. The number of carbonyl (C=O) groups excluding carboxylic acids is 1. The van der Waals surface area contributed by atoms with Crippen molar-refractivity contribution >= 4 is 15.9 Å². The third-order valence-corrected chi connectivity index (χ3v) is 7.74. The van der Waals surface area contributed by atoms with Crippen LogP contribution in [0, 0.1) is 26.6 Å². The lowest BCUT2D eigenvalue weighted by atomic mass is 9.90. The lowest BCUT2D eigenvalue weighted by molar-refractivity contribution is -0.120. The molecular formula is C23H34FN2O3S. The van der Waals surface area contributed by atoms with Gasteiger partial charge in [0.25, 0.3) is 0 Å². The minimum absolute atomic E-state index is 0. The van der Waals surface area contributed by atoms with Gasteiger partial charge in [-0.05, 0) is 49.9 Å². The van der Waals surface area contributed by atoms with E-state index in [1.54, 1.807) is 0 Å². The first kappa shape index (κ1) is 26.6. The molecule has 0 aromatic heterocycles. The Morgan fingerprint density at radius 2 is 1.57 bits per heavy atom. The van der Waals surface area contributed by atoms with Gasteiger partial charge in [0.15, 0.2) is 0 Å². The minimum atomic E-state index is -3.70. The maximum atomic E-state index is 13.2. The van der Waals surface area contributed by atoms with Crippen LogP contribution in [0.3, 0.4) is 0 Å². The first-order valence-electron chi connectivity index (χ1n) is 10.4. The molecular weight excluding hydrogens is 403 g/mol. The summed E-state index contributed by atoms with van der Waals surface area (Å²) in [7, 11) is -3.70. The second-order valence-electron chi connectivity index (χ2n) is 7.80. The molecule has 1 saturated heterocycles. The summed E-state index contributed by atoms with van der Waals surface area (Å²) in [6, 6.07) is 4.68. The molecule has 167 valence electrons. The lowest BCUT2D eigenvalue weighted by Gasteiger charge is -2.35. The van der Waals surface area contributed by atoms with Gasteiger partial charge in [-0.25, -0.2) is 12.8 Å². The number of sulfonamides is 1. The summed E-state index contributed by atoms with van der Waals surface area (Å²) in [5.74, 6) is 0.465. The Bertz CT molecular complexity index is 744. The van der Waals surface area contributed by atoms with Crippen molar-refractivity contribution in [2.45, 2.75) is 75.1 Å². The third-order valence-electron chi connectivity index (χ3n) is 5.77. The monoisotopic (exact) mass is 437 g/mol. The molecule has 1 aliphatic heterocycles. The van der Waals surface area contributed by atoms with Gasteiger partial charge >= 0.3 is 0 Å². The molecule has 1 saturated carbocycles. The number of hydrogen-bond acceptors (Lipinski definition) is 3. The summed E-state index contributed by atoms with van der Waals surface area (Å²) in [6.45, 7) is 0.750. The van der Waals surface area contributed by atoms with Crippen LogP contribution in [0.5, 0.6) is 0 Å². The average molecular weight is 438 g/mol. The summed E-state index contributed by atoms with van der Waals surface area (Å²) in [6.07, 6.45) is 9.82. The van der Waals surface area contributed by atoms with Crippen LogP contribution in [0.15, 0.2) is 29.2 Å². The van der Waals surface area contributed by atoms with Crippen LogP contribution in [0.1, 0.15) is 64.2 Å². The topological polar surface area (TPSA) is 66.5 Å². The molecule has 1 aromatic carbocycles. The Hall–Kier alpha value is -1.47. The predicted molar refractivity (Wildman–Crippen MR) is 117 cm³/mol. The number of benzene rings is 1. The highest BCUT2D eigenvalue weighted by molar-refractivity contribution is 7.89. The zero-order valence-corrected chi connectivity index (χ0v) is 18.6. The molecule has 1 N–H and O–H groups in total. The fraction of sp³-hybridized carbons (Fsp3) is 0.565. The van der Waals surface area contributed by atoms with Gasteiger partial charge in [-0.1, -0.05) is 53.4 Å². The summed E-state index contributed by atoms with van der Waals surface area (Å²) in [5.41, 5.74) is 0. The molecule has 0 spiro atoms. The van der Waals surface area contributed by atoms with Gasteiger partial charge < -0.3 is 5.32 Å².